The Bertz CT molecular complexity index is 876. The molecule has 1 N–H and O–H groups in total. The van der Waals surface area contributed by atoms with Gasteiger partial charge in [0, 0.05) is 61.4 Å². The highest BCUT2D eigenvalue weighted by atomic mass is 16.2. The van der Waals surface area contributed by atoms with Crippen molar-refractivity contribution < 1.29 is 9.59 Å². The Balaban J connectivity index is 1.46. The monoisotopic (exact) mass is 382 g/mol. The number of urea groups is 1. The second-order valence-electron chi connectivity index (χ2n) is 7.78. The van der Waals surface area contributed by atoms with Gasteiger partial charge in [-0.05, 0) is 63.3 Å². The molecule has 1 aliphatic carbocycles. The van der Waals surface area contributed by atoms with Gasteiger partial charge in [0.25, 0.3) is 5.91 Å². The first-order valence-electron chi connectivity index (χ1n) is 10.6. The van der Waals surface area contributed by atoms with E-state index in [9.17, 15) is 9.59 Å². The van der Waals surface area contributed by atoms with Crippen molar-refractivity contribution in [1.82, 2.24) is 19.7 Å². The molecule has 2 heterocycles. The second kappa shape index (κ2) is 7.86. The Morgan fingerprint density at radius 1 is 1.00 bits per heavy atom. The molecule has 0 bridgehead atoms. The summed E-state index contributed by atoms with van der Waals surface area (Å²) in [5.41, 5.74) is 4.63. The van der Waals surface area contributed by atoms with Gasteiger partial charge < -0.3 is 19.7 Å². The Labute approximate surface area is 166 Å². The summed E-state index contributed by atoms with van der Waals surface area (Å²) < 4.78 is 0. The van der Waals surface area contributed by atoms with E-state index in [-0.39, 0.29) is 11.9 Å². The van der Waals surface area contributed by atoms with E-state index < -0.39 is 0 Å². The third kappa shape index (κ3) is 3.36. The van der Waals surface area contributed by atoms with Crippen molar-refractivity contribution in [2.75, 3.05) is 39.3 Å². The first-order chi connectivity index (χ1) is 13.6. The van der Waals surface area contributed by atoms with Crippen LogP contribution in [-0.2, 0) is 12.8 Å². The van der Waals surface area contributed by atoms with Gasteiger partial charge in [-0.3, -0.25) is 4.79 Å². The summed E-state index contributed by atoms with van der Waals surface area (Å²) in [6, 6.07) is 6.12. The van der Waals surface area contributed by atoms with Crippen LogP contribution in [0.3, 0.4) is 0 Å². The van der Waals surface area contributed by atoms with E-state index in [4.69, 9.17) is 0 Å². The number of hydrogen-bond donors (Lipinski definition) is 1. The minimum absolute atomic E-state index is 0.0718. The summed E-state index contributed by atoms with van der Waals surface area (Å²) in [5.74, 6) is 0.0718. The van der Waals surface area contributed by atoms with Crippen molar-refractivity contribution in [2.24, 2.45) is 0 Å². The first-order valence-corrected chi connectivity index (χ1v) is 10.6. The van der Waals surface area contributed by atoms with Gasteiger partial charge in [-0.1, -0.05) is 0 Å². The Hall–Kier alpha value is -2.50. The van der Waals surface area contributed by atoms with Crippen molar-refractivity contribution in [1.29, 1.82) is 0 Å². The molecule has 1 aromatic heterocycles. The molecule has 1 aliphatic heterocycles. The third-order valence-electron chi connectivity index (χ3n) is 6.22. The Kier molecular flexibility index (Phi) is 5.29. The summed E-state index contributed by atoms with van der Waals surface area (Å²) in [7, 11) is 0. The molecule has 0 radical (unpaired) electrons. The number of aromatic nitrogens is 1. The normalized spacial score (nSPS) is 16.9. The maximum absolute atomic E-state index is 13.1. The molecule has 0 spiro atoms. The lowest BCUT2D eigenvalue weighted by atomic mass is 9.95. The van der Waals surface area contributed by atoms with Crippen LogP contribution in [0, 0.1) is 0 Å². The Morgan fingerprint density at radius 3 is 2.39 bits per heavy atom. The predicted octanol–water partition coefficient (Wildman–Crippen LogP) is 3.27. The molecule has 150 valence electrons. The molecule has 2 aliphatic rings. The zero-order chi connectivity index (χ0) is 19.7. The number of rotatable bonds is 3. The molecule has 0 atom stereocenters. The molecule has 0 saturated carbocycles. The lowest BCUT2D eigenvalue weighted by Crippen LogP contribution is -2.54. The van der Waals surface area contributed by atoms with Crippen LogP contribution in [0.15, 0.2) is 18.2 Å². The van der Waals surface area contributed by atoms with E-state index in [0.717, 1.165) is 37.0 Å². The third-order valence-corrected chi connectivity index (χ3v) is 6.22. The smallest absolute Gasteiger partial charge is 0.320 e. The fourth-order valence-corrected chi connectivity index (χ4v) is 4.52. The van der Waals surface area contributed by atoms with Crippen molar-refractivity contribution >= 4 is 22.8 Å². The van der Waals surface area contributed by atoms with Crippen LogP contribution >= 0.6 is 0 Å². The first kappa shape index (κ1) is 18.8. The number of nitrogens with zero attached hydrogens (tertiary/aromatic N) is 3. The largest absolute Gasteiger partial charge is 0.358 e. The topological polar surface area (TPSA) is 59.7 Å². The number of aryl methyl sites for hydroxylation is 2. The minimum Gasteiger partial charge on any atom is -0.358 e. The van der Waals surface area contributed by atoms with Crippen molar-refractivity contribution in [3.63, 3.8) is 0 Å². The molecule has 6 heteroatoms. The van der Waals surface area contributed by atoms with Gasteiger partial charge >= 0.3 is 6.03 Å². The summed E-state index contributed by atoms with van der Waals surface area (Å²) in [6.45, 7) is 7.81. The fourth-order valence-electron chi connectivity index (χ4n) is 4.52. The molecule has 1 fully saturated rings. The van der Waals surface area contributed by atoms with E-state index >= 15 is 0 Å². The number of carbonyl (C=O) groups excluding carboxylic acids is 2. The van der Waals surface area contributed by atoms with Gasteiger partial charge in [-0.15, -0.1) is 0 Å². The average molecular weight is 383 g/mol. The molecular weight excluding hydrogens is 352 g/mol. The number of piperazine rings is 1. The number of aromatic amines is 1. The summed E-state index contributed by atoms with van der Waals surface area (Å²) in [4.78, 5) is 34.7. The van der Waals surface area contributed by atoms with Gasteiger partial charge in [-0.25, -0.2) is 4.79 Å². The van der Waals surface area contributed by atoms with Gasteiger partial charge in [-0.2, -0.15) is 0 Å². The number of amides is 3. The van der Waals surface area contributed by atoms with Crippen molar-refractivity contribution in [3.8, 4) is 0 Å². The van der Waals surface area contributed by atoms with Gasteiger partial charge in [0.15, 0.2) is 0 Å². The molecule has 0 unspecified atom stereocenters. The number of fused-ring (bicyclic) bond motifs is 3. The highest BCUT2D eigenvalue weighted by Crippen LogP contribution is 2.30. The van der Waals surface area contributed by atoms with E-state index in [1.807, 2.05) is 40.7 Å². The highest BCUT2D eigenvalue weighted by Gasteiger charge is 2.27. The molecule has 6 nitrogen and oxygen atoms in total. The molecule has 1 saturated heterocycles. The van der Waals surface area contributed by atoms with Crippen LogP contribution in [0.5, 0.6) is 0 Å². The lowest BCUT2D eigenvalue weighted by Gasteiger charge is -2.37. The molecule has 1 aromatic carbocycles. The molecule has 2 aromatic rings. The second-order valence-corrected chi connectivity index (χ2v) is 7.78. The zero-order valence-corrected chi connectivity index (χ0v) is 17.0. The maximum Gasteiger partial charge on any atom is 0.320 e. The van der Waals surface area contributed by atoms with Crippen LogP contribution in [-0.4, -0.2) is 70.9 Å². The van der Waals surface area contributed by atoms with E-state index in [2.05, 4.69) is 11.1 Å². The maximum atomic E-state index is 13.1. The number of carbonyl (C=O) groups is 2. The molecular formula is C22H30N4O2. The summed E-state index contributed by atoms with van der Waals surface area (Å²) in [6.07, 6.45) is 4.66. The van der Waals surface area contributed by atoms with Crippen LogP contribution in [0.2, 0.25) is 0 Å². The average Bonchev–Trinajstić information content (AvgIpc) is 3.12. The molecule has 3 amide bonds. The number of H-pyrrole nitrogens is 1. The number of hydrogen-bond acceptors (Lipinski definition) is 2. The number of nitrogens with one attached hydrogen (secondary N) is 1. The van der Waals surface area contributed by atoms with Crippen molar-refractivity contribution in [3.05, 3.63) is 35.0 Å². The minimum atomic E-state index is 0.0718. The molecule has 28 heavy (non-hydrogen) atoms. The standard InChI is InChI=1S/C22H30N4O2/c1-3-24(4-2)22(28)26-13-11-25(12-14-26)21(27)16-9-10-20-18(15-16)17-7-5-6-8-19(17)23-20/h9-10,15,23H,3-8,11-14H2,1-2H3. The summed E-state index contributed by atoms with van der Waals surface area (Å²) >= 11 is 0. The van der Waals surface area contributed by atoms with Gasteiger partial charge in [0.2, 0.25) is 0 Å². The van der Waals surface area contributed by atoms with Gasteiger partial charge in [0.05, 0.1) is 0 Å². The van der Waals surface area contributed by atoms with E-state index in [1.165, 1.54) is 29.5 Å². The SMILES string of the molecule is CCN(CC)C(=O)N1CCN(C(=O)c2ccc3[nH]c4c(c3c2)CCCC4)CC1. The Morgan fingerprint density at radius 2 is 1.68 bits per heavy atom. The van der Waals surface area contributed by atoms with Crippen LogP contribution in [0.4, 0.5) is 4.79 Å². The highest BCUT2D eigenvalue weighted by molar-refractivity contribution is 5.99. The lowest BCUT2D eigenvalue weighted by molar-refractivity contribution is 0.0641. The quantitative estimate of drug-likeness (QED) is 0.886. The van der Waals surface area contributed by atoms with Crippen LogP contribution in [0.25, 0.3) is 10.9 Å². The zero-order valence-electron chi connectivity index (χ0n) is 17.0. The van der Waals surface area contributed by atoms with E-state index in [0.29, 0.717) is 26.2 Å². The predicted molar refractivity (Wildman–Crippen MR) is 111 cm³/mol. The molecule has 4 rings (SSSR count). The fraction of sp³-hybridized carbons (Fsp3) is 0.545. The summed E-state index contributed by atoms with van der Waals surface area (Å²) in [5, 5.41) is 1.20. The number of benzene rings is 1. The van der Waals surface area contributed by atoms with Gasteiger partial charge in [0.1, 0.15) is 0 Å². The van der Waals surface area contributed by atoms with Crippen molar-refractivity contribution in [2.45, 2.75) is 39.5 Å². The van der Waals surface area contributed by atoms with Crippen LogP contribution in [0.1, 0.15) is 48.3 Å². The van der Waals surface area contributed by atoms with E-state index in [1.54, 1.807) is 0 Å². The van der Waals surface area contributed by atoms with Crippen LogP contribution < -0.4 is 0 Å².